The van der Waals surface area contributed by atoms with Crippen LogP contribution in [0.1, 0.15) is 18.1 Å². The van der Waals surface area contributed by atoms with E-state index in [9.17, 15) is 9.18 Å². The topological polar surface area (TPSA) is 35.6 Å². The molecule has 1 unspecified atom stereocenters. The Hall–Kier alpha value is -1.95. The maximum Gasteiger partial charge on any atom is 0.237 e. The molecule has 0 saturated carbocycles. The van der Waals surface area contributed by atoms with E-state index < -0.39 is 0 Å². The van der Waals surface area contributed by atoms with Gasteiger partial charge in [0.15, 0.2) is 0 Å². The molecule has 3 rings (SSSR count). The molecule has 1 heterocycles. The third-order valence-corrected chi connectivity index (χ3v) is 5.49. The van der Waals surface area contributed by atoms with Gasteiger partial charge in [-0.2, -0.15) is 0 Å². The van der Waals surface area contributed by atoms with E-state index in [-0.39, 0.29) is 17.8 Å². The number of amides is 1. The molecule has 0 spiro atoms. The SMILES string of the molecule is CC(C(=O)NCCc1ccc(F)cc1)N1CCN(Cc2cccc(Cl)c2)CC1. The number of nitrogens with one attached hydrogen (secondary N) is 1. The van der Waals surface area contributed by atoms with Crippen LogP contribution in [0.5, 0.6) is 0 Å². The second-order valence-electron chi connectivity index (χ2n) is 7.29. The number of carbonyl (C=O) groups is 1. The average Bonchev–Trinajstić information content (AvgIpc) is 2.69. The van der Waals surface area contributed by atoms with Crippen molar-refractivity contribution in [2.45, 2.75) is 25.9 Å². The quantitative estimate of drug-likeness (QED) is 0.770. The summed E-state index contributed by atoms with van der Waals surface area (Å²) in [5.41, 5.74) is 2.23. The molecule has 0 aliphatic carbocycles. The molecule has 1 fully saturated rings. The summed E-state index contributed by atoms with van der Waals surface area (Å²) in [5, 5.41) is 3.76. The summed E-state index contributed by atoms with van der Waals surface area (Å²) in [6, 6.07) is 14.2. The Bertz CT molecular complexity index is 776. The number of halogens is 2. The molecule has 1 N–H and O–H groups in total. The first-order valence-corrected chi connectivity index (χ1v) is 10.1. The summed E-state index contributed by atoms with van der Waals surface area (Å²) in [4.78, 5) is 17.1. The summed E-state index contributed by atoms with van der Waals surface area (Å²) >= 11 is 6.06. The van der Waals surface area contributed by atoms with Crippen LogP contribution in [0.4, 0.5) is 4.39 Å². The highest BCUT2D eigenvalue weighted by Gasteiger charge is 2.25. The first-order chi connectivity index (χ1) is 13.5. The number of hydrogen-bond acceptors (Lipinski definition) is 3. The minimum absolute atomic E-state index is 0.0467. The molecule has 2 aromatic carbocycles. The van der Waals surface area contributed by atoms with Crippen LogP contribution >= 0.6 is 11.6 Å². The molecule has 2 aromatic rings. The Kier molecular flexibility index (Phi) is 7.43. The van der Waals surface area contributed by atoms with E-state index in [1.807, 2.05) is 25.1 Å². The first kappa shape index (κ1) is 20.8. The number of nitrogens with zero attached hydrogens (tertiary/aromatic N) is 2. The Morgan fingerprint density at radius 1 is 1.11 bits per heavy atom. The summed E-state index contributed by atoms with van der Waals surface area (Å²) in [6.07, 6.45) is 0.701. The molecule has 4 nitrogen and oxygen atoms in total. The van der Waals surface area contributed by atoms with Crippen LogP contribution < -0.4 is 5.32 Å². The fourth-order valence-electron chi connectivity index (χ4n) is 3.50. The second-order valence-corrected chi connectivity index (χ2v) is 7.72. The van der Waals surface area contributed by atoms with Gasteiger partial charge in [-0.3, -0.25) is 14.6 Å². The zero-order chi connectivity index (χ0) is 19.9. The van der Waals surface area contributed by atoms with Crippen molar-refractivity contribution >= 4 is 17.5 Å². The van der Waals surface area contributed by atoms with Crippen molar-refractivity contribution in [2.75, 3.05) is 32.7 Å². The Morgan fingerprint density at radius 2 is 1.82 bits per heavy atom. The van der Waals surface area contributed by atoms with E-state index in [2.05, 4.69) is 21.2 Å². The number of hydrogen-bond donors (Lipinski definition) is 1. The van der Waals surface area contributed by atoms with Gasteiger partial charge in [-0.1, -0.05) is 35.9 Å². The van der Waals surface area contributed by atoms with E-state index in [4.69, 9.17) is 11.6 Å². The zero-order valence-corrected chi connectivity index (χ0v) is 17.0. The number of carbonyl (C=O) groups excluding carboxylic acids is 1. The molecule has 1 aliphatic rings. The molecule has 28 heavy (non-hydrogen) atoms. The molecule has 150 valence electrons. The van der Waals surface area contributed by atoms with Crippen LogP contribution in [0.2, 0.25) is 5.02 Å². The van der Waals surface area contributed by atoms with Gasteiger partial charge in [-0.05, 0) is 48.7 Å². The summed E-state index contributed by atoms with van der Waals surface area (Å²) < 4.78 is 12.9. The molecule has 6 heteroatoms. The molecular formula is C22H27ClFN3O. The van der Waals surface area contributed by atoms with Crippen molar-refractivity contribution in [2.24, 2.45) is 0 Å². The van der Waals surface area contributed by atoms with E-state index >= 15 is 0 Å². The number of rotatable bonds is 7. The molecule has 1 saturated heterocycles. The molecule has 0 aromatic heterocycles. The first-order valence-electron chi connectivity index (χ1n) is 9.74. The van der Waals surface area contributed by atoms with Crippen LogP contribution in [-0.2, 0) is 17.8 Å². The van der Waals surface area contributed by atoms with E-state index in [0.717, 1.165) is 43.3 Å². The van der Waals surface area contributed by atoms with Crippen LogP contribution in [0.15, 0.2) is 48.5 Å². The summed E-state index contributed by atoms with van der Waals surface area (Å²) in [6.45, 7) is 7.00. The van der Waals surface area contributed by atoms with E-state index in [1.165, 1.54) is 17.7 Å². The van der Waals surface area contributed by atoms with E-state index in [1.54, 1.807) is 12.1 Å². The van der Waals surface area contributed by atoms with Gasteiger partial charge in [0.25, 0.3) is 0 Å². The molecule has 0 bridgehead atoms. The lowest BCUT2D eigenvalue weighted by molar-refractivity contribution is -0.126. The highest BCUT2D eigenvalue weighted by atomic mass is 35.5. The lowest BCUT2D eigenvalue weighted by Gasteiger charge is -2.37. The Balaban J connectivity index is 1.39. The van der Waals surface area contributed by atoms with Crippen LogP contribution in [0.25, 0.3) is 0 Å². The maximum atomic E-state index is 12.9. The Morgan fingerprint density at radius 3 is 2.50 bits per heavy atom. The summed E-state index contributed by atoms with van der Waals surface area (Å²) in [7, 11) is 0. The molecule has 1 aliphatic heterocycles. The second kappa shape index (κ2) is 10.0. The highest BCUT2D eigenvalue weighted by Crippen LogP contribution is 2.15. The molecule has 0 radical (unpaired) electrons. The van der Waals surface area contributed by atoms with Crippen molar-refractivity contribution in [1.82, 2.24) is 15.1 Å². The zero-order valence-electron chi connectivity index (χ0n) is 16.2. The van der Waals surface area contributed by atoms with Crippen molar-refractivity contribution < 1.29 is 9.18 Å². The van der Waals surface area contributed by atoms with Crippen molar-refractivity contribution in [3.8, 4) is 0 Å². The maximum absolute atomic E-state index is 12.9. The lowest BCUT2D eigenvalue weighted by Crippen LogP contribution is -2.53. The van der Waals surface area contributed by atoms with Crippen LogP contribution in [-0.4, -0.2) is 54.5 Å². The molecule has 1 amide bonds. The fourth-order valence-corrected chi connectivity index (χ4v) is 3.71. The predicted octanol–water partition coefficient (Wildman–Crippen LogP) is 3.34. The Labute approximate surface area is 171 Å². The third-order valence-electron chi connectivity index (χ3n) is 5.26. The largest absolute Gasteiger partial charge is 0.354 e. The third kappa shape index (κ3) is 6.03. The van der Waals surface area contributed by atoms with Gasteiger partial charge in [-0.15, -0.1) is 0 Å². The van der Waals surface area contributed by atoms with Crippen LogP contribution in [0, 0.1) is 5.82 Å². The fraction of sp³-hybridized carbons (Fsp3) is 0.409. The highest BCUT2D eigenvalue weighted by molar-refractivity contribution is 6.30. The monoisotopic (exact) mass is 403 g/mol. The van der Waals surface area contributed by atoms with Crippen molar-refractivity contribution in [3.05, 3.63) is 70.5 Å². The minimum atomic E-state index is -0.240. The normalized spacial score (nSPS) is 16.7. The lowest BCUT2D eigenvalue weighted by atomic mass is 10.1. The van der Waals surface area contributed by atoms with E-state index in [0.29, 0.717) is 13.0 Å². The standard InChI is InChI=1S/C22H27ClFN3O/c1-17(22(28)25-10-9-18-5-7-21(24)8-6-18)27-13-11-26(12-14-27)16-19-3-2-4-20(23)15-19/h2-8,15,17H,9-14,16H2,1H3,(H,25,28). The predicted molar refractivity (Wildman–Crippen MR) is 111 cm³/mol. The molecular weight excluding hydrogens is 377 g/mol. The van der Waals surface area contributed by atoms with Gasteiger partial charge in [0.05, 0.1) is 6.04 Å². The van der Waals surface area contributed by atoms with Gasteiger partial charge in [0.2, 0.25) is 5.91 Å². The van der Waals surface area contributed by atoms with Crippen LogP contribution in [0.3, 0.4) is 0 Å². The van der Waals surface area contributed by atoms with Crippen molar-refractivity contribution in [1.29, 1.82) is 0 Å². The smallest absolute Gasteiger partial charge is 0.237 e. The van der Waals surface area contributed by atoms with Gasteiger partial charge in [-0.25, -0.2) is 4.39 Å². The van der Waals surface area contributed by atoms with Gasteiger partial charge >= 0.3 is 0 Å². The average molecular weight is 404 g/mol. The van der Waals surface area contributed by atoms with Crippen molar-refractivity contribution in [3.63, 3.8) is 0 Å². The summed E-state index contributed by atoms with van der Waals surface area (Å²) in [5.74, 6) is -0.193. The minimum Gasteiger partial charge on any atom is -0.354 e. The van der Waals surface area contributed by atoms with Gasteiger partial charge < -0.3 is 5.32 Å². The van der Waals surface area contributed by atoms with Gasteiger partial charge in [0, 0.05) is 44.3 Å². The number of piperazine rings is 1. The number of benzene rings is 2. The molecule has 1 atom stereocenters. The van der Waals surface area contributed by atoms with Gasteiger partial charge in [0.1, 0.15) is 5.82 Å².